The lowest BCUT2D eigenvalue weighted by Gasteiger charge is -2.26. The highest BCUT2D eigenvalue weighted by atomic mass is 35.5. The maximum absolute atomic E-state index is 11.9. The first kappa shape index (κ1) is 12.2. The van der Waals surface area contributed by atoms with E-state index in [1.165, 1.54) is 6.42 Å². The summed E-state index contributed by atoms with van der Waals surface area (Å²) in [5.74, 6) is 0.567. The first-order chi connectivity index (χ1) is 8.19. The van der Waals surface area contributed by atoms with E-state index in [4.69, 9.17) is 11.6 Å². The molecule has 92 valence electrons. The zero-order valence-electron chi connectivity index (χ0n) is 9.79. The van der Waals surface area contributed by atoms with E-state index in [-0.39, 0.29) is 5.91 Å². The predicted molar refractivity (Wildman–Crippen MR) is 68.5 cm³/mol. The molecule has 0 radical (unpaired) electrons. The van der Waals surface area contributed by atoms with Crippen LogP contribution in [0.4, 0.5) is 5.82 Å². The number of pyridine rings is 1. The van der Waals surface area contributed by atoms with Crippen molar-refractivity contribution in [1.29, 1.82) is 0 Å². The number of rotatable bonds is 4. The van der Waals surface area contributed by atoms with Gasteiger partial charge < -0.3 is 10.6 Å². The number of hydrogen-bond donors (Lipinski definition) is 2. The zero-order chi connectivity index (χ0) is 12.3. The highest BCUT2D eigenvalue weighted by Crippen LogP contribution is 2.20. The van der Waals surface area contributed by atoms with Gasteiger partial charge in [0.15, 0.2) is 0 Å². The normalized spacial score (nSPS) is 15.2. The highest BCUT2D eigenvalue weighted by Gasteiger charge is 2.20. The Morgan fingerprint density at radius 3 is 2.88 bits per heavy atom. The minimum Gasteiger partial charge on any atom is -0.370 e. The first-order valence-electron chi connectivity index (χ1n) is 5.91. The number of nitrogens with zero attached hydrogens (tertiary/aromatic N) is 1. The fourth-order valence-electron chi connectivity index (χ4n) is 1.72. The average molecular weight is 254 g/mol. The molecule has 0 aliphatic heterocycles. The van der Waals surface area contributed by atoms with Gasteiger partial charge >= 0.3 is 0 Å². The molecule has 0 aromatic carbocycles. The second kappa shape index (κ2) is 5.36. The summed E-state index contributed by atoms with van der Waals surface area (Å²) in [4.78, 5) is 16.0. The van der Waals surface area contributed by atoms with Crippen molar-refractivity contribution < 1.29 is 4.79 Å². The molecule has 2 N–H and O–H groups in total. The number of hydrogen-bond acceptors (Lipinski definition) is 3. The van der Waals surface area contributed by atoms with Crippen LogP contribution in [-0.4, -0.2) is 23.5 Å². The molecule has 1 amide bonds. The number of aromatic nitrogens is 1. The number of carbonyl (C=O) groups is 1. The molecule has 1 fully saturated rings. The molecule has 0 saturated heterocycles. The van der Waals surface area contributed by atoms with Gasteiger partial charge in [0.1, 0.15) is 11.0 Å². The minimum atomic E-state index is -0.0712. The first-order valence-corrected chi connectivity index (χ1v) is 6.29. The molecule has 1 aromatic heterocycles. The Balaban J connectivity index is 2.09. The van der Waals surface area contributed by atoms with Crippen molar-refractivity contribution in [3.8, 4) is 0 Å². The number of nitrogens with one attached hydrogen (secondary N) is 2. The topological polar surface area (TPSA) is 54.0 Å². The molecule has 0 spiro atoms. The average Bonchev–Trinajstić information content (AvgIpc) is 2.23. The van der Waals surface area contributed by atoms with Crippen molar-refractivity contribution in [2.75, 3.05) is 11.9 Å². The summed E-state index contributed by atoms with van der Waals surface area (Å²) in [5, 5.41) is 6.36. The SMILES string of the molecule is CCNc1cc(C(=O)NC2CCC2)cc(Cl)n1. The molecule has 0 unspecified atom stereocenters. The van der Waals surface area contributed by atoms with Crippen molar-refractivity contribution >= 4 is 23.3 Å². The summed E-state index contributed by atoms with van der Waals surface area (Å²) in [7, 11) is 0. The number of amides is 1. The Kier molecular flexibility index (Phi) is 3.84. The predicted octanol–water partition coefficient (Wildman–Crippen LogP) is 2.45. The molecule has 0 bridgehead atoms. The van der Waals surface area contributed by atoms with Gasteiger partial charge in [0.05, 0.1) is 0 Å². The van der Waals surface area contributed by atoms with Crippen molar-refractivity contribution in [2.24, 2.45) is 0 Å². The summed E-state index contributed by atoms with van der Waals surface area (Å²) in [6.07, 6.45) is 3.35. The number of halogens is 1. The summed E-state index contributed by atoms with van der Waals surface area (Å²) < 4.78 is 0. The Labute approximate surface area is 106 Å². The fourth-order valence-corrected chi connectivity index (χ4v) is 1.93. The Morgan fingerprint density at radius 1 is 1.53 bits per heavy atom. The number of carbonyl (C=O) groups excluding carboxylic acids is 1. The molecule has 2 rings (SSSR count). The second-order valence-electron chi connectivity index (χ2n) is 4.20. The second-order valence-corrected chi connectivity index (χ2v) is 4.58. The van der Waals surface area contributed by atoms with Crippen LogP contribution in [0.3, 0.4) is 0 Å². The number of anilines is 1. The molecule has 17 heavy (non-hydrogen) atoms. The molecular weight excluding hydrogens is 238 g/mol. The standard InChI is InChI=1S/C12H16ClN3O/c1-2-14-11-7-8(6-10(13)16-11)12(17)15-9-4-3-5-9/h6-7,9H,2-5H2,1H3,(H,14,16)(H,15,17). The van der Waals surface area contributed by atoms with E-state index >= 15 is 0 Å². The van der Waals surface area contributed by atoms with E-state index in [0.717, 1.165) is 19.4 Å². The molecule has 0 atom stereocenters. The van der Waals surface area contributed by atoms with Gasteiger partial charge in [-0.15, -0.1) is 0 Å². The lowest BCUT2D eigenvalue weighted by atomic mass is 9.93. The van der Waals surface area contributed by atoms with Crippen LogP contribution in [0.1, 0.15) is 36.5 Å². The van der Waals surface area contributed by atoms with E-state index in [1.807, 2.05) is 6.92 Å². The van der Waals surface area contributed by atoms with Gasteiger partial charge in [0.2, 0.25) is 0 Å². The maximum atomic E-state index is 11.9. The summed E-state index contributed by atoms with van der Waals surface area (Å²) in [5.41, 5.74) is 0.563. The van der Waals surface area contributed by atoms with Crippen molar-refractivity contribution in [3.63, 3.8) is 0 Å². The fraction of sp³-hybridized carbons (Fsp3) is 0.500. The Morgan fingerprint density at radius 2 is 2.29 bits per heavy atom. The molecule has 1 aliphatic carbocycles. The van der Waals surface area contributed by atoms with Gasteiger partial charge in [-0.05, 0) is 38.3 Å². The Hall–Kier alpha value is -1.29. The van der Waals surface area contributed by atoms with Crippen LogP contribution >= 0.6 is 11.6 Å². The molecule has 5 heteroatoms. The van der Waals surface area contributed by atoms with Crippen molar-refractivity contribution in [3.05, 3.63) is 22.8 Å². The van der Waals surface area contributed by atoms with Crippen LogP contribution in [0.2, 0.25) is 5.15 Å². The molecule has 4 nitrogen and oxygen atoms in total. The minimum absolute atomic E-state index is 0.0712. The van der Waals surface area contributed by atoms with Gasteiger partial charge in [0, 0.05) is 18.2 Å². The van der Waals surface area contributed by atoms with E-state index < -0.39 is 0 Å². The van der Waals surface area contributed by atoms with E-state index in [1.54, 1.807) is 12.1 Å². The summed E-state index contributed by atoms with van der Waals surface area (Å²) in [6, 6.07) is 3.65. The molecule has 1 aliphatic rings. The van der Waals surface area contributed by atoms with Gasteiger partial charge in [-0.1, -0.05) is 11.6 Å². The third-order valence-electron chi connectivity index (χ3n) is 2.85. The molecule has 1 aromatic rings. The zero-order valence-corrected chi connectivity index (χ0v) is 10.5. The highest BCUT2D eigenvalue weighted by molar-refractivity contribution is 6.29. The van der Waals surface area contributed by atoms with E-state index in [9.17, 15) is 4.79 Å². The molecule has 1 heterocycles. The monoisotopic (exact) mass is 253 g/mol. The van der Waals surface area contributed by atoms with Crippen LogP contribution in [0, 0.1) is 0 Å². The van der Waals surface area contributed by atoms with Crippen LogP contribution in [0.15, 0.2) is 12.1 Å². The smallest absolute Gasteiger partial charge is 0.251 e. The lowest BCUT2D eigenvalue weighted by molar-refractivity contribution is 0.0917. The van der Waals surface area contributed by atoms with E-state index in [0.29, 0.717) is 22.6 Å². The molecule has 1 saturated carbocycles. The summed E-state index contributed by atoms with van der Waals surface area (Å²) in [6.45, 7) is 2.72. The third-order valence-corrected chi connectivity index (χ3v) is 3.05. The molecular formula is C12H16ClN3O. The largest absolute Gasteiger partial charge is 0.370 e. The Bertz CT molecular complexity index is 418. The van der Waals surface area contributed by atoms with E-state index in [2.05, 4.69) is 15.6 Å². The third kappa shape index (κ3) is 3.09. The van der Waals surface area contributed by atoms with Gasteiger partial charge in [-0.3, -0.25) is 4.79 Å². The van der Waals surface area contributed by atoms with Crippen molar-refractivity contribution in [1.82, 2.24) is 10.3 Å². The van der Waals surface area contributed by atoms with Gasteiger partial charge in [-0.25, -0.2) is 4.98 Å². The van der Waals surface area contributed by atoms with Crippen LogP contribution in [-0.2, 0) is 0 Å². The summed E-state index contributed by atoms with van der Waals surface area (Å²) >= 11 is 5.88. The van der Waals surface area contributed by atoms with Gasteiger partial charge in [0.25, 0.3) is 5.91 Å². The van der Waals surface area contributed by atoms with Crippen LogP contribution in [0.25, 0.3) is 0 Å². The maximum Gasteiger partial charge on any atom is 0.251 e. The van der Waals surface area contributed by atoms with Crippen LogP contribution in [0.5, 0.6) is 0 Å². The quantitative estimate of drug-likeness (QED) is 0.811. The van der Waals surface area contributed by atoms with Crippen LogP contribution < -0.4 is 10.6 Å². The van der Waals surface area contributed by atoms with Crippen molar-refractivity contribution in [2.45, 2.75) is 32.2 Å². The lowest BCUT2D eigenvalue weighted by Crippen LogP contribution is -2.39. The van der Waals surface area contributed by atoms with Gasteiger partial charge in [-0.2, -0.15) is 0 Å².